The minimum atomic E-state index is -1.20. The third-order valence-corrected chi connectivity index (χ3v) is 4.94. The van der Waals surface area contributed by atoms with Crippen LogP contribution < -0.4 is 10.5 Å². The summed E-state index contributed by atoms with van der Waals surface area (Å²) in [5.74, 6) is -2.94. The first-order valence-corrected chi connectivity index (χ1v) is 8.90. The molecule has 4 aromatic rings. The molecule has 3 aromatic heterocycles. The van der Waals surface area contributed by atoms with Gasteiger partial charge in [-0.3, -0.25) is 4.79 Å². The van der Waals surface area contributed by atoms with Gasteiger partial charge in [-0.25, -0.2) is 23.7 Å². The van der Waals surface area contributed by atoms with Crippen molar-refractivity contribution in [3.8, 4) is 17.3 Å². The number of amides is 1. The Morgan fingerprint density at radius 3 is 2.79 bits per heavy atom. The van der Waals surface area contributed by atoms with Crippen molar-refractivity contribution in [2.45, 2.75) is 6.61 Å². The number of primary amides is 1. The van der Waals surface area contributed by atoms with E-state index in [-0.39, 0.29) is 12.4 Å². The molecular formula is C18H13F2N5O2S. The largest absolute Gasteiger partial charge is 0.483 e. The van der Waals surface area contributed by atoms with Crippen molar-refractivity contribution in [1.29, 1.82) is 0 Å². The number of imidazole rings is 1. The van der Waals surface area contributed by atoms with Crippen LogP contribution in [0.15, 0.2) is 36.7 Å². The summed E-state index contributed by atoms with van der Waals surface area (Å²) in [5, 5.41) is 0.545. The van der Waals surface area contributed by atoms with Gasteiger partial charge in [-0.15, -0.1) is 0 Å². The van der Waals surface area contributed by atoms with E-state index in [2.05, 4.69) is 15.0 Å². The first-order valence-electron chi connectivity index (χ1n) is 8.09. The minimum absolute atomic E-state index is 0.0699. The maximum Gasteiger partial charge on any atom is 0.254 e. The van der Waals surface area contributed by atoms with Crippen LogP contribution in [0.5, 0.6) is 5.75 Å². The molecule has 2 N–H and O–H groups in total. The molecule has 1 amide bonds. The van der Waals surface area contributed by atoms with Crippen molar-refractivity contribution >= 4 is 27.6 Å². The lowest BCUT2D eigenvalue weighted by molar-refractivity contribution is 0.0991. The van der Waals surface area contributed by atoms with Gasteiger partial charge >= 0.3 is 0 Å². The van der Waals surface area contributed by atoms with Gasteiger partial charge in [0.05, 0.1) is 0 Å². The Kier molecular flexibility index (Phi) is 4.47. The number of nitrogens with two attached hydrogens (primary N) is 1. The molecule has 0 fully saturated rings. The zero-order chi connectivity index (χ0) is 19.8. The molecule has 0 bridgehead atoms. The monoisotopic (exact) mass is 401 g/mol. The predicted octanol–water partition coefficient (Wildman–Crippen LogP) is 3.05. The maximum atomic E-state index is 14.2. The highest BCUT2D eigenvalue weighted by atomic mass is 32.1. The van der Waals surface area contributed by atoms with E-state index in [1.807, 2.05) is 29.9 Å². The summed E-state index contributed by atoms with van der Waals surface area (Å²) < 4.78 is 35.0. The fraction of sp³-hybridized carbons (Fsp3) is 0.111. The van der Waals surface area contributed by atoms with Gasteiger partial charge in [0.15, 0.2) is 17.4 Å². The molecule has 0 aliphatic heterocycles. The van der Waals surface area contributed by atoms with Crippen LogP contribution in [-0.2, 0) is 13.7 Å². The second-order valence-electron chi connectivity index (χ2n) is 5.88. The van der Waals surface area contributed by atoms with Crippen LogP contribution in [0, 0.1) is 11.6 Å². The van der Waals surface area contributed by atoms with Gasteiger partial charge in [-0.1, -0.05) is 11.3 Å². The summed E-state index contributed by atoms with van der Waals surface area (Å²) in [7, 11) is 1.87. The van der Waals surface area contributed by atoms with E-state index in [0.717, 1.165) is 18.0 Å². The Balaban J connectivity index is 1.59. The van der Waals surface area contributed by atoms with Crippen molar-refractivity contribution in [3.05, 3.63) is 58.9 Å². The van der Waals surface area contributed by atoms with E-state index >= 15 is 0 Å². The van der Waals surface area contributed by atoms with Gasteiger partial charge in [0, 0.05) is 19.4 Å². The zero-order valence-corrected chi connectivity index (χ0v) is 15.3. The first-order chi connectivity index (χ1) is 13.4. The third-order valence-electron chi connectivity index (χ3n) is 4.00. The van der Waals surface area contributed by atoms with Gasteiger partial charge in [0.2, 0.25) is 0 Å². The quantitative estimate of drug-likeness (QED) is 0.555. The van der Waals surface area contributed by atoms with Crippen LogP contribution in [0.25, 0.3) is 21.9 Å². The molecule has 142 valence electrons. The SMILES string of the molecule is Cn1ccnc1-c1ccc2nc(COc3ccc(F)c(C(N)=O)c3F)sc2n1. The number of hydrogen-bond donors (Lipinski definition) is 1. The summed E-state index contributed by atoms with van der Waals surface area (Å²) in [6, 6.07) is 5.66. The summed E-state index contributed by atoms with van der Waals surface area (Å²) in [6.07, 6.45) is 3.51. The lowest BCUT2D eigenvalue weighted by Gasteiger charge is -2.08. The number of aromatic nitrogens is 4. The van der Waals surface area contributed by atoms with Crippen LogP contribution >= 0.6 is 11.3 Å². The summed E-state index contributed by atoms with van der Waals surface area (Å²) in [6.45, 7) is -0.0699. The summed E-state index contributed by atoms with van der Waals surface area (Å²) in [4.78, 5) is 25.1. The summed E-state index contributed by atoms with van der Waals surface area (Å²) in [5.41, 5.74) is 5.54. The van der Waals surface area contributed by atoms with E-state index in [1.165, 1.54) is 11.3 Å². The molecule has 4 rings (SSSR count). The molecule has 1 aromatic carbocycles. The van der Waals surface area contributed by atoms with Crippen molar-refractivity contribution in [1.82, 2.24) is 19.5 Å². The van der Waals surface area contributed by atoms with Crippen LogP contribution in [-0.4, -0.2) is 25.4 Å². The number of rotatable bonds is 5. The van der Waals surface area contributed by atoms with Gasteiger partial charge in [-0.2, -0.15) is 0 Å². The molecule has 0 saturated carbocycles. The molecule has 0 atom stereocenters. The van der Waals surface area contributed by atoms with E-state index in [0.29, 0.717) is 21.0 Å². The molecule has 0 radical (unpaired) electrons. The number of fused-ring (bicyclic) bond motifs is 1. The van der Waals surface area contributed by atoms with Gasteiger partial charge in [0.25, 0.3) is 5.91 Å². The average Bonchev–Trinajstić information content (AvgIpc) is 3.25. The number of ether oxygens (including phenoxy) is 1. The number of hydrogen-bond acceptors (Lipinski definition) is 6. The Labute approximate surface area is 161 Å². The molecule has 0 spiro atoms. The third kappa shape index (κ3) is 3.18. The second kappa shape index (κ2) is 6.97. The molecule has 0 aliphatic carbocycles. The second-order valence-corrected chi connectivity index (χ2v) is 6.94. The number of benzene rings is 1. The lowest BCUT2D eigenvalue weighted by atomic mass is 10.2. The van der Waals surface area contributed by atoms with Gasteiger partial charge in [-0.05, 0) is 24.3 Å². The molecule has 28 heavy (non-hydrogen) atoms. The minimum Gasteiger partial charge on any atom is -0.483 e. The number of aryl methyl sites for hydroxylation is 1. The van der Waals surface area contributed by atoms with Crippen molar-refractivity contribution in [2.24, 2.45) is 12.8 Å². The van der Waals surface area contributed by atoms with Gasteiger partial charge < -0.3 is 15.0 Å². The van der Waals surface area contributed by atoms with Crippen LogP contribution in [0.3, 0.4) is 0 Å². The van der Waals surface area contributed by atoms with Crippen molar-refractivity contribution in [2.75, 3.05) is 0 Å². The topological polar surface area (TPSA) is 95.9 Å². The first kappa shape index (κ1) is 18.0. The summed E-state index contributed by atoms with van der Waals surface area (Å²) >= 11 is 1.28. The molecule has 0 saturated heterocycles. The highest BCUT2D eigenvalue weighted by Crippen LogP contribution is 2.27. The maximum absolute atomic E-state index is 14.2. The molecule has 0 aliphatic rings. The molecule has 3 heterocycles. The highest BCUT2D eigenvalue weighted by Gasteiger charge is 2.19. The number of halogens is 2. The van der Waals surface area contributed by atoms with Crippen molar-refractivity contribution < 1.29 is 18.3 Å². The van der Waals surface area contributed by atoms with Crippen LogP contribution in [0.4, 0.5) is 8.78 Å². The number of nitrogens with zero attached hydrogens (tertiary/aromatic N) is 4. The number of carbonyl (C=O) groups excluding carboxylic acids is 1. The Bertz CT molecular complexity index is 1200. The Morgan fingerprint density at radius 2 is 2.07 bits per heavy atom. The van der Waals surface area contributed by atoms with Crippen LogP contribution in [0.2, 0.25) is 0 Å². The molecule has 10 heteroatoms. The molecule has 7 nitrogen and oxygen atoms in total. The fourth-order valence-corrected chi connectivity index (χ4v) is 3.52. The smallest absolute Gasteiger partial charge is 0.254 e. The van der Waals surface area contributed by atoms with Gasteiger partial charge in [0.1, 0.15) is 39.0 Å². The molecule has 0 unspecified atom stereocenters. The Hall–Kier alpha value is -3.40. The Morgan fingerprint density at radius 1 is 1.25 bits per heavy atom. The number of carbonyl (C=O) groups is 1. The fourth-order valence-electron chi connectivity index (χ4n) is 2.67. The van der Waals surface area contributed by atoms with E-state index < -0.39 is 23.1 Å². The number of pyridine rings is 1. The van der Waals surface area contributed by atoms with Crippen LogP contribution in [0.1, 0.15) is 15.4 Å². The standard InChI is InChI=1S/C18H13F2N5O2S/c1-25-7-6-22-17(25)10-3-4-11-18(24-10)28-13(23-11)8-27-12-5-2-9(19)14(15(12)20)16(21)26/h2-7H,8H2,1H3,(H2,21,26). The average molecular weight is 401 g/mol. The van der Waals surface area contributed by atoms with E-state index in [4.69, 9.17) is 10.5 Å². The lowest BCUT2D eigenvalue weighted by Crippen LogP contribution is -2.16. The van der Waals surface area contributed by atoms with E-state index in [9.17, 15) is 13.6 Å². The highest BCUT2D eigenvalue weighted by molar-refractivity contribution is 7.18. The number of thiazole rings is 1. The zero-order valence-electron chi connectivity index (χ0n) is 14.5. The normalized spacial score (nSPS) is 11.1. The van der Waals surface area contributed by atoms with E-state index in [1.54, 1.807) is 6.20 Å². The predicted molar refractivity (Wildman–Crippen MR) is 98.8 cm³/mol. The van der Waals surface area contributed by atoms with Crippen molar-refractivity contribution in [3.63, 3.8) is 0 Å². The molecular weight excluding hydrogens is 388 g/mol.